The number of likely N-dealkylation sites (tertiary alicyclic amines) is 1. The van der Waals surface area contributed by atoms with E-state index in [0.717, 1.165) is 54.7 Å². The molecule has 0 aromatic heterocycles. The van der Waals surface area contributed by atoms with Crippen LogP contribution in [-0.2, 0) is 17.6 Å². The van der Waals surface area contributed by atoms with Gasteiger partial charge in [0, 0.05) is 30.5 Å². The normalized spacial score (nSPS) is 17.7. The molecule has 5 heteroatoms. The van der Waals surface area contributed by atoms with E-state index in [0.29, 0.717) is 6.54 Å². The van der Waals surface area contributed by atoms with Crippen LogP contribution in [0.25, 0.3) is 0 Å². The van der Waals surface area contributed by atoms with Crippen molar-refractivity contribution in [3.8, 4) is 11.5 Å². The van der Waals surface area contributed by atoms with Gasteiger partial charge in [0.15, 0.2) is 5.78 Å². The number of fused-ring (bicyclic) bond motifs is 1. The number of ether oxygens (including phenoxy) is 2. The third kappa shape index (κ3) is 4.07. The first kappa shape index (κ1) is 20.5. The van der Waals surface area contributed by atoms with Crippen molar-refractivity contribution in [2.45, 2.75) is 51.0 Å². The average molecular weight is 408 g/mol. The lowest BCUT2D eigenvalue weighted by Gasteiger charge is -2.26. The molecule has 1 atom stereocenters. The Morgan fingerprint density at radius 2 is 1.80 bits per heavy atom. The Bertz CT molecular complexity index is 952. The van der Waals surface area contributed by atoms with Crippen LogP contribution in [0.2, 0.25) is 0 Å². The molecule has 1 aliphatic carbocycles. The summed E-state index contributed by atoms with van der Waals surface area (Å²) in [6, 6.07) is 11.7. The molecule has 5 nitrogen and oxygen atoms in total. The van der Waals surface area contributed by atoms with Crippen molar-refractivity contribution in [1.29, 1.82) is 0 Å². The van der Waals surface area contributed by atoms with E-state index in [-0.39, 0.29) is 30.6 Å². The zero-order valence-electron chi connectivity index (χ0n) is 17.8. The van der Waals surface area contributed by atoms with Crippen molar-refractivity contribution < 1.29 is 19.1 Å². The van der Waals surface area contributed by atoms with Crippen molar-refractivity contribution >= 4 is 11.7 Å². The molecule has 0 radical (unpaired) electrons. The summed E-state index contributed by atoms with van der Waals surface area (Å²) >= 11 is 0. The number of nitrogens with zero attached hydrogens (tertiary/aromatic N) is 1. The molecule has 1 aliphatic heterocycles. The number of aryl methyl sites for hydroxylation is 2. The van der Waals surface area contributed by atoms with Gasteiger partial charge in [0.05, 0.1) is 20.3 Å². The maximum Gasteiger partial charge on any atom is 0.223 e. The first-order valence-electron chi connectivity index (χ1n) is 10.8. The molecule has 0 saturated carbocycles. The third-order valence-corrected chi connectivity index (χ3v) is 6.36. The van der Waals surface area contributed by atoms with Gasteiger partial charge >= 0.3 is 0 Å². The summed E-state index contributed by atoms with van der Waals surface area (Å²) < 4.78 is 10.9. The van der Waals surface area contributed by atoms with Gasteiger partial charge in [-0.3, -0.25) is 9.59 Å². The lowest BCUT2D eigenvalue weighted by molar-refractivity contribution is -0.132. The highest BCUT2D eigenvalue weighted by atomic mass is 16.5. The number of rotatable bonds is 7. The Labute approximate surface area is 178 Å². The van der Waals surface area contributed by atoms with Crippen molar-refractivity contribution in [2.75, 3.05) is 20.8 Å². The largest absolute Gasteiger partial charge is 0.497 e. The van der Waals surface area contributed by atoms with E-state index in [9.17, 15) is 9.59 Å². The monoisotopic (exact) mass is 407 g/mol. The molecular formula is C25H29NO4. The van der Waals surface area contributed by atoms with Crippen LogP contribution in [0.5, 0.6) is 11.5 Å². The second kappa shape index (κ2) is 8.90. The highest BCUT2D eigenvalue weighted by molar-refractivity contribution is 5.98. The third-order valence-electron chi connectivity index (χ3n) is 6.36. The van der Waals surface area contributed by atoms with Crippen LogP contribution in [-0.4, -0.2) is 37.4 Å². The molecule has 0 bridgehead atoms. The number of ketones is 1. The smallest absolute Gasteiger partial charge is 0.223 e. The number of carbonyl (C=O) groups excluding carboxylic acids is 2. The maximum atomic E-state index is 13.0. The molecule has 2 aromatic carbocycles. The van der Waals surface area contributed by atoms with Gasteiger partial charge in [-0.15, -0.1) is 0 Å². The average Bonchev–Trinajstić information content (AvgIpc) is 3.45. The van der Waals surface area contributed by atoms with Gasteiger partial charge in [0.25, 0.3) is 0 Å². The van der Waals surface area contributed by atoms with Crippen LogP contribution >= 0.6 is 0 Å². The van der Waals surface area contributed by atoms with E-state index in [1.807, 2.05) is 35.2 Å². The quantitative estimate of drug-likeness (QED) is 0.633. The lowest BCUT2D eigenvalue weighted by Crippen LogP contribution is -2.31. The summed E-state index contributed by atoms with van der Waals surface area (Å²) in [5, 5.41) is 0. The van der Waals surface area contributed by atoms with E-state index in [4.69, 9.17) is 9.47 Å². The highest BCUT2D eigenvalue weighted by Crippen LogP contribution is 2.39. The van der Waals surface area contributed by atoms with Crippen LogP contribution in [0.3, 0.4) is 0 Å². The minimum atomic E-state index is -0.0438. The Morgan fingerprint density at radius 3 is 2.60 bits per heavy atom. The van der Waals surface area contributed by atoms with Gasteiger partial charge in [-0.05, 0) is 67.5 Å². The molecule has 2 aromatic rings. The van der Waals surface area contributed by atoms with E-state index >= 15 is 0 Å². The molecule has 2 aliphatic rings. The highest BCUT2D eigenvalue weighted by Gasteiger charge is 2.32. The van der Waals surface area contributed by atoms with Gasteiger partial charge in [0.2, 0.25) is 5.91 Å². The molecule has 1 heterocycles. The van der Waals surface area contributed by atoms with Gasteiger partial charge in [-0.25, -0.2) is 0 Å². The Kier molecular flexibility index (Phi) is 6.07. The number of carbonyl (C=O) groups is 2. The van der Waals surface area contributed by atoms with Gasteiger partial charge in [-0.1, -0.05) is 12.1 Å². The number of hydrogen-bond acceptors (Lipinski definition) is 4. The molecule has 1 unspecified atom stereocenters. The number of methoxy groups -OCH3 is 2. The zero-order valence-corrected chi connectivity index (χ0v) is 17.8. The summed E-state index contributed by atoms with van der Waals surface area (Å²) in [5.74, 6) is 1.58. The predicted octanol–water partition coefficient (Wildman–Crippen LogP) is 4.52. The van der Waals surface area contributed by atoms with Crippen LogP contribution in [0.1, 0.15) is 65.2 Å². The van der Waals surface area contributed by atoms with Crippen LogP contribution in [0.4, 0.5) is 0 Å². The molecular weight excluding hydrogens is 378 g/mol. The molecule has 1 saturated heterocycles. The summed E-state index contributed by atoms with van der Waals surface area (Å²) in [4.78, 5) is 27.6. The second-order valence-electron chi connectivity index (χ2n) is 8.11. The Morgan fingerprint density at radius 1 is 0.967 bits per heavy atom. The van der Waals surface area contributed by atoms with Crippen molar-refractivity contribution in [2.24, 2.45) is 0 Å². The summed E-state index contributed by atoms with van der Waals surface area (Å²) in [5.41, 5.74) is 4.34. The molecule has 158 valence electrons. The van der Waals surface area contributed by atoms with Crippen LogP contribution in [0, 0.1) is 0 Å². The first-order chi connectivity index (χ1) is 14.6. The predicted molar refractivity (Wildman–Crippen MR) is 115 cm³/mol. The molecule has 0 N–H and O–H groups in total. The Balaban J connectivity index is 1.43. The van der Waals surface area contributed by atoms with E-state index in [1.54, 1.807) is 14.2 Å². The van der Waals surface area contributed by atoms with E-state index < -0.39 is 0 Å². The number of hydrogen-bond donors (Lipinski definition) is 0. The number of Topliss-reactive ketones (excluding diaryl/α,β-unsaturated/α-hetero) is 1. The van der Waals surface area contributed by atoms with Gasteiger partial charge < -0.3 is 14.4 Å². The minimum absolute atomic E-state index is 0.0249. The zero-order chi connectivity index (χ0) is 21.1. The molecule has 0 spiro atoms. The first-order valence-corrected chi connectivity index (χ1v) is 10.8. The van der Waals surface area contributed by atoms with Crippen molar-refractivity contribution in [3.63, 3.8) is 0 Å². The maximum absolute atomic E-state index is 13.0. The second-order valence-corrected chi connectivity index (χ2v) is 8.11. The van der Waals surface area contributed by atoms with Gasteiger partial charge in [-0.2, -0.15) is 0 Å². The summed E-state index contributed by atoms with van der Waals surface area (Å²) in [6.07, 6.45) is 5.62. The summed E-state index contributed by atoms with van der Waals surface area (Å²) in [7, 11) is 3.27. The number of benzene rings is 2. The van der Waals surface area contributed by atoms with E-state index in [1.165, 1.54) is 11.1 Å². The van der Waals surface area contributed by atoms with Crippen LogP contribution in [0.15, 0.2) is 36.4 Å². The SMILES string of the molecule is COc1ccc(OC)c(C2CCCN2C(=O)CCC(=O)c2ccc3c(c2)CCC3)c1. The van der Waals surface area contributed by atoms with Gasteiger partial charge in [0.1, 0.15) is 11.5 Å². The topological polar surface area (TPSA) is 55.8 Å². The fourth-order valence-electron chi connectivity index (χ4n) is 4.74. The molecule has 1 amide bonds. The fourth-order valence-corrected chi connectivity index (χ4v) is 4.74. The molecule has 30 heavy (non-hydrogen) atoms. The number of amides is 1. The van der Waals surface area contributed by atoms with Crippen LogP contribution < -0.4 is 9.47 Å². The van der Waals surface area contributed by atoms with Crippen molar-refractivity contribution in [3.05, 3.63) is 58.7 Å². The minimum Gasteiger partial charge on any atom is -0.497 e. The molecule has 1 fully saturated rings. The fraction of sp³-hybridized carbons (Fsp3) is 0.440. The summed E-state index contributed by atoms with van der Waals surface area (Å²) in [6.45, 7) is 0.705. The lowest BCUT2D eigenvalue weighted by atomic mass is 10.00. The molecule has 4 rings (SSSR count). The standard InChI is InChI=1S/C25H29NO4/c1-29-20-10-12-24(30-2)21(16-20)22-7-4-14-26(22)25(28)13-11-23(27)19-9-8-17-5-3-6-18(17)15-19/h8-10,12,15-16,22H,3-7,11,13-14H2,1-2H3. The Hall–Kier alpha value is -2.82. The van der Waals surface area contributed by atoms with Crippen molar-refractivity contribution in [1.82, 2.24) is 4.90 Å². The van der Waals surface area contributed by atoms with E-state index in [2.05, 4.69) is 6.07 Å².